The van der Waals surface area contributed by atoms with Gasteiger partial charge in [-0.05, 0) is 61.7 Å². The van der Waals surface area contributed by atoms with Crippen LogP contribution < -0.4 is 16.4 Å². The fourth-order valence-corrected chi connectivity index (χ4v) is 4.36. The molecule has 216 valence electrons. The Balaban J connectivity index is 2.06. The molecule has 0 heterocycles. The Morgan fingerprint density at radius 1 is 1.02 bits per heavy atom. The molecule has 3 rings (SSSR count). The summed E-state index contributed by atoms with van der Waals surface area (Å²) in [7, 11) is 0. The minimum atomic E-state index is -1.37. The van der Waals surface area contributed by atoms with Gasteiger partial charge in [0.25, 0.3) is 5.91 Å². The van der Waals surface area contributed by atoms with Crippen LogP contribution in [0.25, 0.3) is 10.8 Å². The van der Waals surface area contributed by atoms with Crippen molar-refractivity contribution in [3.05, 3.63) is 77.9 Å². The molecule has 3 aromatic rings. The average Bonchev–Trinajstić information content (AvgIpc) is 2.93. The number of hydrogen-bond donors (Lipinski definition) is 3. The number of carbonyl (C=O) groups excluding carboxylic acids is 4. The summed E-state index contributed by atoms with van der Waals surface area (Å²) in [6.07, 6.45) is 4.39. The van der Waals surface area contributed by atoms with E-state index in [0.717, 1.165) is 15.7 Å². The summed E-state index contributed by atoms with van der Waals surface area (Å²) in [5.41, 5.74) is 5.55. The number of ether oxygens (including phenoxy) is 1. The zero-order valence-corrected chi connectivity index (χ0v) is 23.7. The molecule has 0 saturated carbocycles. The summed E-state index contributed by atoms with van der Waals surface area (Å²) in [6.45, 7) is 4.42. The molecule has 0 aliphatic carbocycles. The van der Waals surface area contributed by atoms with Crippen molar-refractivity contribution in [2.24, 2.45) is 5.73 Å². The predicted octanol–water partition coefficient (Wildman–Crippen LogP) is 4.01. The fraction of sp³-hybridized carbons (Fsp3) is 0.281. The molecular weight excluding hydrogens is 534 g/mol. The quantitative estimate of drug-likeness (QED) is 0.248. The van der Waals surface area contributed by atoms with Crippen molar-refractivity contribution in [2.45, 2.75) is 51.3 Å². The normalized spacial score (nSPS) is 12.2. The van der Waals surface area contributed by atoms with E-state index in [-0.39, 0.29) is 12.8 Å². The number of nitrogens with two attached hydrogens (primary N) is 1. The van der Waals surface area contributed by atoms with Crippen molar-refractivity contribution in [1.29, 1.82) is 5.26 Å². The smallest absolute Gasteiger partial charge is 0.408 e. The van der Waals surface area contributed by atoms with Crippen LogP contribution in [-0.2, 0) is 19.1 Å². The number of anilines is 1. The number of fused-ring (bicyclic) bond motifs is 1. The minimum Gasteiger partial charge on any atom is -0.444 e. The molecule has 0 bridgehead atoms. The first kappa shape index (κ1) is 31.2. The third-order valence-corrected chi connectivity index (χ3v) is 6.18. The molecule has 0 spiro atoms. The summed E-state index contributed by atoms with van der Waals surface area (Å²) >= 11 is 0. The molecule has 2 unspecified atom stereocenters. The van der Waals surface area contributed by atoms with Crippen LogP contribution in [0.1, 0.15) is 50.8 Å². The monoisotopic (exact) mass is 567 g/mol. The van der Waals surface area contributed by atoms with E-state index in [0.29, 0.717) is 16.8 Å². The summed E-state index contributed by atoms with van der Waals surface area (Å²) in [6, 6.07) is 18.7. The standard InChI is InChI=1S/C32H33N5O5/c1-5-21-10-8-9-13-25(21)28(29(39)35-24-15-14-22-11-6-7-12-23(22)20-24)37(19-18-33)30(40)26(16-17-27(34)38)36-31(41)42-32(2,3)4/h1,6-15,20,26,28H,16-17,19H2,2-4H3,(H2,34,38)(H,35,39)(H,36,41). The zero-order valence-electron chi connectivity index (χ0n) is 23.7. The Morgan fingerprint density at radius 3 is 2.33 bits per heavy atom. The molecule has 4 N–H and O–H groups in total. The minimum absolute atomic E-state index is 0.189. The van der Waals surface area contributed by atoms with Gasteiger partial charge < -0.3 is 26.0 Å². The summed E-state index contributed by atoms with van der Waals surface area (Å²) < 4.78 is 5.30. The van der Waals surface area contributed by atoms with Crippen LogP contribution in [0.4, 0.5) is 10.5 Å². The van der Waals surface area contributed by atoms with E-state index >= 15 is 0 Å². The first-order valence-corrected chi connectivity index (χ1v) is 13.2. The second kappa shape index (κ2) is 13.8. The van der Waals surface area contributed by atoms with Gasteiger partial charge in [-0.25, -0.2) is 4.79 Å². The van der Waals surface area contributed by atoms with Crippen molar-refractivity contribution in [1.82, 2.24) is 10.2 Å². The topological polar surface area (TPSA) is 155 Å². The van der Waals surface area contributed by atoms with Gasteiger partial charge in [-0.15, -0.1) is 6.42 Å². The van der Waals surface area contributed by atoms with Crippen LogP contribution in [0.3, 0.4) is 0 Å². The van der Waals surface area contributed by atoms with Gasteiger partial charge in [-0.1, -0.05) is 54.5 Å². The zero-order chi connectivity index (χ0) is 30.9. The average molecular weight is 568 g/mol. The maximum absolute atomic E-state index is 14.0. The highest BCUT2D eigenvalue weighted by Gasteiger charge is 2.37. The van der Waals surface area contributed by atoms with Crippen LogP contribution in [0.5, 0.6) is 0 Å². The van der Waals surface area contributed by atoms with Crippen molar-refractivity contribution in [2.75, 3.05) is 11.9 Å². The van der Waals surface area contributed by atoms with Gasteiger partial charge in [0.1, 0.15) is 24.2 Å². The van der Waals surface area contributed by atoms with Crippen molar-refractivity contribution >= 4 is 40.3 Å². The third-order valence-electron chi connectivity index (χ3n) is 6.18. The number of nitrogens with zero attached hydrogens (tertiary/aromatic N) is 2. The Morgan fingerprint density at radius 2 is 1.69 bits per heavy atom. The van der Waals surface area contributed by atoms with Gasteiger partial charge in [-0.3, -0.25) is 14.4 Å². The van der Waals surface area contributed by atoms with E-state index in [2.05, 4.69) is 16.6 Å². The molecular formula is C32H33N5O5. The number of nitriles is 1. The van der Waals surface area contributed by atoms with Crippen LogP contribution in [0, 0.1) is 23.7 Å². The second-order valence-corrected chi connectivity index (χ2v) is 10.5. The predicted molar refractivity (Wildman–Crippen MR) is 159 cm³/mol. The lowest BCUT2D eigenvalue weighted by atomic mass is 9.97. The first-order chi connectivity index (χ1) is 19.9. The highest BCUT2D eigenvalue weighted by Crippen LogP contribution is 2.28. The number of hydrogen-bond acceptors (Lipinski definition) is 6. The maximum atomic E-state index is 14.0. The molecule has 0 aliphatic rings. The van der Waals surface area contributed by atoms with Crippen molar-refractivity contribution < 1.29 is 23.9 Å². The van der Waals surface area contributed by atoms with Crippen LogP contribution in [0.15, 0.2) is 66.7 Å². The van der Waals surface area contributed by atoms with Gasteiger partial charge in [0.05, 0.1) is 6.07 Å². The van der Waals surface area contributed by atoms with Gasteiger partial charge in [0, 0.05) is 17.7 Å². The number of alkyl carbamates (subject to hydrolysis) is 1. The molecule has 0 saturated heterocycles. The molecule has 2 atom stereocenters. The Bertz CT molecular complexity index is 1560. The number of carbonyl (C=O) groups is 4. The highest BCUT2D eigenvalue weighted by molar-refractivity contribution is 6.01. The Hall–Kier alpha value is -5.35. The van der Waals surface area contributed by atoms with Gasteiger partial charge >= 0.3 is 6.09 Å². The lowest BCUT2D eigenvalue weighted by molar-refractivity contribution is -0.140. The number of benzene rings is 3. The van der Waals surface area contributed by atoms with E-state index in [4.69, 9.17) is 16.9 Å². The number of nitrogens with one attached hydrogen (secondary N) is 2. The molecule has 42 heavy (non-hydrogen) atoms. The largest absolute Gasteiger partial charge is 0.444 e. The van der Waals surface area contributed by atoms with Crippen LogP contribution >= 0.6 is 0 Å². The molecule has 10 nitrogen and oxygen atoms in total. The van der Waals surface area contributed by atoms with Gasteiger partial charge in [0.15, 0.2) is 0 Å². The molecule has 0 aliphatic heterocycles. The molecule has 10 heteroatoms. The summed E-state index contributed by atoms with van der Waals surface area (Å²) in [4.78, 5) is 53.2. The van der Waals surface area contributed by atoms with Gasteiger partial charge in [0.2, 0.25) is 11.8 Å². The van der Waals surface area contributed by atoms with E-state index in [9.17, 15) is 24.4 Å². The number of primary amides is 1. The molecule has 3 aromatic carbocycles. The number of terminal acetylenes is 1. The van der Waals surface area contributed by atoms with E-state index < -0.39 is 48.0 Å². The first-order valence-electron chi connectivity index (χ1n) is 13.2. The number of amides is 4. The lowest BCUT2D eigenvalue weighted by Gasteiger charge is -2.33. The molecule has 0 radical (unpaired) electrons. The van der Waals surface area contributed by atoms with E-state index in [1.165, 1.54) is 0 Å². The van der Waals surface area contributed by atoms with E-state index in [1.54, 1.807) is 57.2 Å². The molecule has 0 fully saturated rings. The molecule has 0 aromatic heterocycles. The lowest BCUT2D eigenvalue weighted by Crippen LogP contribution is -2.52. The Labute approximate surface area is 244 Å². The third kappa shape index (κ3) is 8.33. The number of rotatable bonds is 10. The van der Waals surface area contributed by atoms with Crippen LogP contribution in [-0.4, -0.2) is 46.9 Å². The second-order valence-electron chi connectivity index (χ2n) is 10.5. The molecule has 4 amide bonds. The van der Waals surface area contributed by atoms with Gasteiger partial charge in [-0.2, -0.15) is 5.26 Å². The van der Waals surface area contributed by atoms with E-state index in [1.807, 2.05) is 36.4 Å². The summed E-state index contributed by atoms with van der Waals surface area (Å²) in [5, 5.41) is 16.9. The maximum Gasteiger partial charge on any atom is 0.408 e. The highest BCUT2D eigenvalue weighted by atomic mass is 16.6. The van der Waals surface area contributed by atoms with Crippen molar-refractivity contribution in [3.8, 4) is 18.4 Å². The SMILES string of the molecule is C#Cc1ccccc1C(C(=O)Nc1ccc2ccccc2c1)N(CC#N)C(=O)C(CCC(N)=O)NC(=O)OC(C)(C)C. The van der Waals surface area contributed by atoms with Crippen LogP contribution in [0.2, 0.25) is 0 Å². The van der Waals surface area contributed by atoms with Crippen molar-refractivity contribution in [3.63, 3.8) is 0 Å². The summed E-state index contributed by atoms with van der Waals surface area (Å²) in [5.74, 6) is 0.397. The Kier molecular flexibility index (Phi) is 10.3. The fourth-order valence-electron chi connectivity index (χ4n) is 4.36.